The molecule has 0 fully saturated rings. The molecule has 35 heavy (non-hydrogen) atoms. The van der Waals surface area contributed by atoms with E-state index in [1.165, 1.54) is 5.01 Å². The molecule has 2 heterocycles. The Balaban J connectivity index is 1.82. The highest BCUT2D eigenvalue weighted by molar-refractivity contribution is 6.04. The number of hydrazone groups is 1. The molecule has 1 aliphatic rings. The molecule has 3 aromatic rings. The molecule has 2 aromatic carbocycles. The van der Waals surface area contributed by atoms with Crippen LogP contribution in [0.3, 0.4) is 0 Å². The molecular weight excluding hydrogens is 446 g/mol. The largest absolute Gasteiger partial charge is 0.493 e. The third-order valence-corrected chi connectivity index (χ3v) is 6.10. The lowest BCUT2D eigenvalue weighted by molar-refractivity contribution is -0.132. The predicted molar refractivity (Wildman–Crippen MR) is 136 cm³/mol. The van der Waals surface area contributed by atoms with Crippen LogP contribution in [0, 0.1) is 13.8 Å². The number of benzene rings is 2. The van der Waals surface area contributed by atoms with Crippen molar-refractivity contribution >= 4 is 17.3 Å². The van der Waals surface area contributed by atoms with Gasteiger partial charge in [0, 0.05) is 32.6 Å². The van der Waals surface area contributed by atoms with Gasteiger partial charge in [0.2, 0.25) is 11.8 Å². The van der Waals surface area contributed by atoms with E-state index >= 15 is 0 Å². The zero-order chi connectivity index (χ0) is 25.4. The quantitative estimate of drug-likeness (QED) is 0.589. The highest BCUT2D eigenvalue weighted by Gasteiger charge is 2.35. The summed E-state index contributed by atoms with van der Waals surface area (Å²) in [6.07, 6.45) is 0.447. The standard InChI is InChI=1S/C26H29N5O4/c1-6-22(32)31-21(17-7-9-18(10-8-17)29(4)5)14-20(28-31)23-24(33)27-26(35)30(25(23)34)19-12-15(2)11-16(3)13-19/h7-13,21,34H,6,14H2,1-5H3,(H,27,33,35). The average Bonchev–Trinajstić information content (AvgIpc) is 3.22. The fourth-order valence-corrected chi connectivity index (χ4v) is 4.41. The molecule has 0 bridgehead atoms. The Hall–Kier alpha value is -4.14. The van der Waals surface area contributed by atoms with Gasteiger partial charge < -0.3 is 10.0 Å². The van der Waals surface area contributed by atoms with E-state index in [0.717, 1.165) is 26.9 Å². The van der Waals surface area contributed by atoms with Gasteiger partial charge in [-0.1, -0.05) is 25.1 Å². The molecule has 0 spiro atoms. The van der Waals surface area contributed by atoms with Crippen LogP contribution in [0.15, 0.2) is 57.2 Å². The molecule has 4 rings (SSSR count). The van der Waals surface area contributed by atoms with Crippen LogP contribution in [-0.4, -0.2) is 45.4 Å². The molecule has 0 saturated heterocycles. The summed E-state index contributed by atoms with van der Waals surface area (Å²) in [6, 6.07) is 12.8. The molecular formula is C26H29N5O4. The van der Waals surface area contributed by atoms with Crippen LogP contribution in [0.2, 0.25) is 0 Å². The Labute approximate surface area is 203 Å². The summed E-state index contributed by atoms with van der Waals surface area (Å²) in [7, 11) is 3.89. The molecule has 1 aliphatic heterocycles. The van der Waals surface area contributed by atoms with Gasteiger partial charge in [0.05, 0.1) is 17.4 Å². The molecule has 2 N–H and O–H groups in total. The van der Waals surface area contributed by atoms with E-state index in [9.17, 15) is 19.5 Å². The number of aromatic nitrogens is 2. The molecule has 1 amide bonds. The first-order chi connectivity index (χ1) is 16.6. The molecule has 1 unspecified atom stereocenters. The summed E-state index contributed by atoms with van der Waals surface area (Å²) in [4.78, 5) is 42.6. The zero-order valence-corrected chi connectivity index (χ0v) is 20.5. The van der Waals surface area contributed by atoms with Gasteiger partial charge in [-0.15, -0.1) is 0 Å². The lowest BCUT2D eigenvalue weighted by atomic mass is 9.98. The Morgan fingerprint density at radius 2 is 1.74 bits per heavy atom. The van der Waals surface area contributed by atoms with Crippen LogP contribution in [0.1, 0.15) is 48.1 Å². The van der Waals surface area contributed by atoms with Crippen LogP contribution in [0.25, 0.3) is 5.69 Å². The second-order valence-electron chi connectivity index (χ2n) is 8.98. The van der Waals surface area contributed by atoms with E-state index in [1.54, 1.807) is 19.1 Å². The number of carbonyl (C=O) groups excluding carboxylic acids is 1. The van der Waals surface area contributed by atoms with Crippen molar-refractivity contribution in [2.75, 3.05) is 19.0 Å². The number of aryl methyl sites for hydroxylation is 2. The van der Waals surface area contributed by atoms with Crippen molar-refractivity contribution in [3.05, 3.63) is 85.6 Å². The number of H-pyrrole nitrogens is 1. The summed E-state index contributed by atoms with van der Waals surface area (Å²) in [5.41, 5.74) is 2.72. The first-order valence-corrected chi connectivity index (χ1v) is 11.4. The zero-order valence-electron chi connectivity index (χ0n) is 20.5. The summed E-state index contributed by atoms with van der Waals surface area (Å²) in [5, 5.41) is 17.0. The van der Waals surface area contributed by atoms with E-state index < -0.39 is 23.2 Å². The van der Waals surface area contributed by atoms with Gasteiger partial charge in [-0.3, -0.25) is 14.6 Å². The first-order valence-electron chi connectivity index (χ1n) is 11.4. The van der Waals surface area contributed by atoms with Crippen molar-refractivity contribution in [3.8, 4) is 11.6 Å². The van der Waals surface area contributed by atoms with Gasteiger partial charge in [-0.05, 0) is 54.8 Å². The number of aromatic hydroxyl groups is 1. The number of aromatic amines is 1. The molecule has 9 nitrogen and oxygen atoms in total. The second kappa shape index (κ2) is 9.25. The minimum absolute atomic E-state index is 0.120. The van der Waals surface area contributed by atoms with Crippen LogP contribution in [-0.2, 0) is 4.79 Å². The predicted octanol–water partition coefficient (Wildman–Crippen LogP) is 3.00. The molecule has 0 saturated carbocycles. The van der Waals surface area contributed by atoms with Gasteiger partial charge in [0.1, 0.15) is 5.56 Å². The summed E-state index contributed by atoms with van der Waals surface area (Å²) >= 11 is 0. The average molecular weight is 476 g/mol. The molecule has 1 aromatic heterocycles. The SMILES string of the molecule is CCC(=O)N1N=C(c2c(O)n(-c3cc(C)cc(C)c3)c(=O)[nH]c2=O)CC1c1ccc(N(C)C)cc1. The van der Waals surface area contributed by atoms with Gasteiger partial charge in [0.15, 0.2) is 0 Å². The molecule has 0 aliphatic carbocycles. The van der Waals surface area contributed by atoms with Gasteiger partial charge >= 0.3 is 5.69 Å². The number of anilines is 1. The summed E-state index contributed by atoms with van der Waals surface area (Å²) < 4.78 is 1.06. The monoisotopic (exact) mass is 475 g/mol. The van der Waals surface area contributed by atoms with Crippen LogP contribution >= 0.6 is 0 Å². The molecule has 1 atom stereocenters. The minimum atomic E-state index is -0.753. The lowest BCUT2D eigenvalue weighted by Crippen LogP contribution is -2.33. The topological polar surface area (TPSA) is 111 Å². The number of carbonyl (C=O) groups is 1. The van der Waals surface area contributed by atoms with E-state index in [0.29, 0.717) is 5.69 Å². The molecule has 9 heteroatoms. The molecule has 0 radical (unpaired) electrons. The molecule has 182 valence electrons. The lowest BCUT2D eigenvalue weighted by Gasteiger charge is -2.22. The number of hydrogen-bond donors (Lipinski definition) is 2. The Morgan fingerprint density at radius 1 is 1.11 bits per heavy atom. The van der Waals surface area contributed by atoms with E-state index in [1.807, 2.05) is 63.2 Å². The van der Waals surface area contributed by atoms with E-state index in [2.05, 4.69) is 10.1 Å². The van der Waals surface area contributed by atoms with Crippen molar-refractivity contribution in [3.63, 3.8) is 0 Å². The third kappa shape index (κ3) is 4.49. The number of nitrogens with one attached hydrogen (secondary N) is 1. The Kier molecular flexibility index (Phi) is 6.34. The van der Waals surface area contributed by atoms with Crippen molar-refractivity contribution in [2.45, 2.75) is 39.7 Å². The van der Waals surface area contributed by atoms with Crippen molar-refractivity contribution < 1.29 is 9.90 Å². The Morgan fingerprint density at radius 3 is 2.31 bits per heavy atom. The number of nitrogens with zero attached hydrogens (tertiary/aromatic N) is 4. The highest BCUT2D eigenvalue weighted by atomic mass is 16.3. The normalized spacial score (nSPS) is 15.3. The fourth-order valence-electron chi connectivity index (χ4n) is 4.41. The third-order valence-electron chi connectivity index (χ3n) is 6.10. The fraction of sp³-hybridized carbons (Fsp3) is 0.308. The maximum Gasteiger partial charge on any atom is 0.335 e. The first kappa shape index (κ1) is 24.0. The van der Waals surface area contributed by atoms with Gasteiger partial charge in [0.25, 0.3) is 5.56 Å². The Bertz CT molecular complexity index is 1410. The maximum absolute atomic E-state index is 12.9. The summed E-state index contributed by atoms with van der Waals surface area (Å²) in [6.45, 7) is 5.51. The van der Waals surface area contributed by atoms with E-state index in [-0.39, 0.29) is 30.0 Å². The van der Waals surface area contributed by atoms with E-state index in [4.69, 9.17) is 0 Å². The maximum atomic E-state index is 12.9. The van der Waals surface area contributed by atoms with Crippen molar-refractivity contribution in [1.29, 1.82) is 0 Å². The minimum Gasteiger partial charge on any atom is -0.493 e. The summed E-state index contributed by atoms with van der Waals surface area (Å²) in [5.74, 6) is -0.713. The van der Waals surface area contributed by atoms with Gasteiger partial charge in [-0.2, -0.15) is 5.10 Å². The highest BCUT2D eigenvalue weighted by Crippen LogP contribution is 2.35. The van der Waals surface area contributed by atoms with Crippen molar-refractivity contribution in [1.82, 2.24) is 14.6 Å². The van der Waals surface area contributed by atoms with Gasteiger partial charge in [-0.25, -0.2) is 14.4 Å². The van der Waals surface area contributed by atoms with Crippen molar-refractivity contribution in [2.24, 2.45) is 5.10 Å². The number of rotatable bonds is 5. The van der Waals surface area contributed by atoms with Crippen LogP contribution in [0.5, 0.6) is 5.88 Å². The van der Waals surface area contributed by atoms with Crippen LogP contribution in [0.4, 0.5) is 5.69 Å². The smallest absolute Gasteiger partial charge is 0.335 e. The van der Waals surface area contributed by atoms with Crippen LogP contribution < -0.4 is 16.1 Å². The number of hydrogen-bond acceptors (Lipinski definition) is 6. The second-order valence-corrected chi connectivity index (χ2v) is 8.98. The number of amides is 1.